The van der Waals surface area contributed by atoms with Gasteiger partial charge < -0.3 is 4.84 Å². The molecule has 4 heteroatoms. The highest BCUT2D eigenvalue weighted by Gasteiger charge is 2.09. The highest BCUT2D eigenvalue weighted by molar-refractivity contribution is 5.89. The van der Waals surface area contributed by atoms with E-state index in [2.05, 4.69) is 5.48 Å². The second-order valence-electron chi connectivity index (χ2n) is 4.01. The summed E-state index contributed by atoms with van der Waals surface area (Å²) in [6.07, 6.45) is 0. The third kappa shape index (κ3) is 4.39. The van der Waals surface area contributed by atoms with Crippen LogP contribution in [0.5, 0.6) is 0 Å². The first-order valence-electron chi connectivity index (χ1n) is 5.84. The van der Waals surface area contributed by atoms with Crippen LogP contribution in [0.4, 0.5) is 0 Å². The quantitative estimate of drug-likeness (QED) is 0.869. The highest BCUT2D eigenvalue weighted by atomic mass is 35.5. The third-order valence-electron chi connectivity index (χ3n) is 2.64. The minimum atomic E-state index is -0.376. The fourth-order valence-electron chi connectivity index (χ4n) is 1.58. The van der Waals surface area contributed by atoms with E-state index in [9.17, 15) is 4.79 Å². The molecular weight excluding hydrogens is 262 g/mol. The lowest BCUT2D eigenvalue weighted by atomic mass is 10.1. The summed E-state index contributed by atoms with van der Waals surface area (Å²) < 4.78 is 0. The van der Waals surface area contributed by atoms with E-state index >= 15 is 0 Å². The van der Waals surface area contributed by atoms with Crippen LogP contribution in [0.3, 0.4) is 0 Å². The molecule has 0 radical (unpaired) electrons. The molecule has 0 saturated heterocycles. The molecule has 100 valence electrons. The van der Waals surface area contributed by atoms with Gasteiger partial charge in [-0.3, -0.25) is 0 Å². The van der Waals surface area contributed by atoms with Gasteiger partial charge in [0.05, 0.1) is 11.6 Å². The van der Waals surface area contributed by atoms with Crippen molar-refractivity contribution in [2.24, 2.45) is 0 Å². The van der Waals surface area contributed by atoms with Crippen molar-refractivity contribution in [3.63, 3.8) is 0 Å². The summed E-state index contributed by atoms with van der Waals surface area (Å²) in [7, 11) is 0. The molecule has 0 aromatic heterocycles. The number of rotatable bonds is 4. The maximum absolute atomic E-state index is 11.7. The number of carbonyl (C=O) groups excluding carboxylic acids is 1. The summed E-state index contributed by atoms with van der Waals surface area (Å²) >= 11 is 0. The number of benzene rings is 2. The molecule has 2 aromatic carbocycles. The molecule has 0 amide bonds. The average Bonchev–Trinajstić information content (AvgIpc) is 2.46. The van der Waals surface area contributed by atoms with Crippen LogP contribution in [0.15, 0.2) is 60.7 Å². The summed E-state index contributed by atoms with van der Waals surface area (Å²) in [5.41, 5.74) is 4.35. The molecular formula is C15H16ClNO2. The second-order valence-corrected chi connectivity index (χ2v) is 4.01. The number of halogens is 1. The molecule has 0 bridgehead atoms. The van der Waals surface area contributed by atoms with Crippen LogP contribution < -0.4 is 5.48 Å². The Labute approximate surface area is 119 Å². The zero-order valence-corrected chi connectivity index (χ0v) is 11.4. The number of carbonyl (C=O) groups is 1. The first-order valence-corrected chi connectivity index (χ1v) is 5.84. The minimum Gasteiger partial charge on any atom is -0.366 e. The average molecular weight is 278 g/mol. The van der Waals surface area contributed by atoms with Gasteiger partial charge in [-0.1, -0.05) is 48.5 Å². The van der Waals surface area contributed by atoms with E-state index in [0.29, 0.717) is 5.56 Å². The summed E-state index contributed by atoms with van der Waals surface area (Å²) in [5, 5.41) is 0. The molecule has 19 heavy (non-hydrogen) atoms. The zero-order valence-electron chi connectivity index (χ0n) is 10.6. The fourth-order valence-corrected chi connectivity index (χ4v) is 1.58. The Hall–Kier alpha value is -1.84. The van der Waals surface area contributed by atoms with Crippen LogP contribution in [-0.4, -0.2) is 5.97 Å². The third-order valence-corrected chi connectivity index (χ3v) is 2.64. The maximum atomic E-state index is 11.7. The first-order chi connectivity index (χ1) is 8.77. The van der Waals surface area contributed by atoms with Crippen molar-refractivity contribution >= 4 is 18.4 Å². The van der Waals surface area contributed by atoms with Crippen molar-refractivity contribution in [1.29, 1.82) is 0 Å². The van der Waals surface area contributed by atoms with Gasteiger partial charge in [-0.05, 0) is 24.6 Å². The molecule has 1 N–H and O–H groups in total. The molecule has 1 atom stereocenters. The van der Waals surface area contributed by atoms with Gasteiger partial charge in [0, 0.05) is 0 Å². The van der Waals surface area contributed by atoms with Gasteiger partial charge in [0.2, 0.25) is 0 Å². The van der Waals surface area contributed by atoms with Crippen LogP contribution in [0.25, 0.3) is 0 Å². The van der Waals surface area contributed by atoms with Crippen LogP contribution in [0.2, 0.25) is 0 Å². The Morgan fingerprint density at radius 3 is 2.11 bits per heavy atom. The van der Waals surface area contributed by atoms with Crippen molar-refractivity contribution in [3.8, 4) is 0 Å². The van der Waals surface area contributed by atoms with Crippen molar-refractivity contribution < 1.29 is 9.63 Å². The number of hydrogen-bond donors (Lipinski definition) is 1. The van der Waals surface area contributed by atoms with E-state index in [4.69, 9.17) is 4.84 Å². The van der Waals surface area contributed by atoms with Crippen molar-refractivity contribution in [2.75, 3.05) is 0 Å². The summed E-state index contributed by atoms with van der Waals surface area (Å²) in [6, 6.07) is 18.7. The number of hydroxylamine groups is 1. The van der Waals surface area contributed by atoms with E-state index in [0.717, 1.165) is 5.56 Å². The maximum Gasteiger partial charge on any atom is 0.356 e. The SMILES string of the molecule is C[C@H](NOC(=O)c1ccccc1)c1ccccc1.Cl. The molecule has 2 aromatic rings. The van der Waals surface area contributed by atoms with E-state index < -0.39 is 0 Å². The summed E-state index contributed by atoms with van der Waals surface area (Å²) in [5.74, 6) is -0.376. The van der Waals surface area contributed by atoms with Gasteiger partial charge in [-0.25, -0.2) is 4.79 Å². The van der Waals surface area contributed by atoms with E-state index in [-0.39, 0.29) is 24.4 Å². The molecule has 0 aliphatic heterocycles. The molecule has 0 aliphatic rings. The molecule has 0 unspecified atom stereocenters. The Morgan fingerprint density at radius 1 is 1.00 bits per heavy atom. The van der Waals surface area contributed by atoms with Gasteiger partial charge >= 0.3 is 5.97 Å². The van der Waals surface area contributed by atoms with E-state index in [1.165, 1.54) is 0 Å². The van der Waals surface area contributed by atoms with Crippen LogP contribution in [-0.2, 0) is 4.84 Å². The molecule has 0 heterocycles. The van der Waals surface area contributed by atoms with Gasteiger partial charge in [0.1, 0.15) is 0 Å². The topological polar surface area (TPSA) is 38.3 Å². The summed E-state index contributed by atoms with van der Waals surface area (Å²) in [4.78, 5) is 16.8. The smallest absolute Gasteiger partial charge is 0.356 e. The predicted octanol–water partition coefficient (Wildman–Crippen LogP) is 3.53. The lowest BCUT2D eigenvalue weighted by Crippen LogP contribution is -2.23. The second kappa shape index (κ2) is 7.56. The van der Waals surface area contributed by atoms with Crippen molar-refractivity contribution in [1.82, 2.24) is 5.48 Å². The van der Waals surface area contributed by atoms with Gasteiger partial charge in [0.25, 0.3) is 0 Å². The molecule has 3 nitrogen and oxygen atoms in total. The molecule has 0 aliphatic carbocycles. The van der Waals surface area contributed by atoms with Crippen LogP contribution in [0, 0.1) is 0 Å². The molecule has 0 saturated carbocycles. The Morgan fingerprint density at radius 2 is 1.53 bits per heavy atom. The predicted molar refractivity (Wildman–Crippen MR) is 77.1 cm³/mol. The van der Waals surface area contributed by atoms with Crippen molar-refractivity contribution in [2.45, 2.75) is 13.0 Å². The largest absolute Gasteiger partial charge is 0.366 e. The zero-order chi connectivity index (χ0) is 12.8. The number of nitrogens with one attached hydrogen (secondary N) is 1. The van der Waals surface area contributed by atoms with Gasteiger partial charge in [-0.15, -0.1) is 17.9 Å². The van der Waals surface area contributed by atoms with Gasteiger partial charge in [-0.2, -0.15) is 0 Å². The highest BCUT2D eigenvalue weighted by Crippen LogP contribution is 2.11. The lowest BCUT2D eigenvalue weighted by Gasteiger charge is -2.13. The fraction of sp³-hybridized carbons (Fsp3) is 0.133. The van der Waals surface area contributed by atoms with E-state index in [1.807, 2.05) is 43.3 Å². The van der Waals surface area contributed by atoms with Crippen LogP contribution >= 0.6 is 12.4 Å². The minimum absolute atomic E-state index is 0. The lowest BCUT2D eigenvalue weighted by molar-refractivity contribution is 0.0169. The Bertz CT molecular complexity index is 502. The monoisotopic (exact) mass is 277 g/mol. The Kier molecular flexibility index (Phi) is 6.06. The molecule has 0 spiro atoms. The standard InChI is InChI=1S/C15H15NO2.ClH/c1-12(13-8-4-2-5-9-13)16-18-15(17)14-10-6-3-7-11-14;/h2-12,16H,1H3;1H/t12-;/m0./s1. The Balaban J connectivity index is 0.00000180. The normalized spacial score (nSPS) is 11.2. The molecule has 0 fully saturated rings. The van der Waals surface area contributed by atoms with Gasteiger partial charge in [0.15, 0.2) is 0 Å². The molecule has 2 rings (SSSR count). The van der Waals surface area contributed by atoms with Crippen LogP contribution in [0.1, 0.15) is 28.9 Å². The van der Waals surface area contributed by atoms with E-state index in [1.54, 1.807) is 24.3 Å². The number of hydrogen-bond acceptors (Lipinski definition) is 3. The first kappa shape index (κ1) is 15.2. The summed E-state index contributed by atoms with van der Waals surface area (Å²) in [6.45, 7) is 1.94. The van der Waals surface area contributed by atoms with Crippen molar-refractivity contribution in [3.05, 3.63) is 71.8 Å².